The summed E-state index contributed by atoms with van der Waals surface area (Å²) in [6.45, 7) is 0. The number of nitro groups is 1. The third-order valence-electron chi connectivity index (χ3n) is 1.60. The molecule has 0 aliphatic carbocycles. The minimum absolute atomic E-state index is 0.0880. The first-order valence-electron chi connectivity index (χ1n) is 3.62. The highest BCUT2D eigenvalue weighted by atomic mass is 32.1. The highest BCUT2D eigenvalue weighted by Crippen LogP contribution is 2.21. The molecule has 0 heterocycles. The lowest BCUT2D eigenvalue weighted by molar-refractivity contribution is -0.384. The molecule has 0 aromatic heterocycles. The lowest BCUT2D eigenvalue weighted by atomic mass is 10.2. The Morgan fingerprint density at radius 2 is 2.21 bits per heavy atom. The molecule has 0 fully saturated rings. The summed E-state index contributed by atoms with van der Waals surface area (Å²) >= 11 is 3.98. The summed E-state index contributed by atoms with van der Waals surface area (Å²) in [6.07, 6.45) is 0. The van der Waals surface area contributed by atoms with Gasteiger partial charge >= 0.3 is 5.97 Å². The van der Waals surface area contributed by atoms with E-state index in [0.717, 1.165) is 6.07 Å². The van der Waals surface area contributed by atoms with E-state index >= 15 is 0 Å². The van der Waals surface area contributed by atoms with Gasteiger partial charge in [-0.05, 0) is 6.07 Å². The van der Waals surface area contributed by atoms with Gasteiger partial charge in [-0.2, -0.15) is 0 Å². The van der Waals surface area contributed by atoms with Gasteiger partial charge in [-0.15, -0.1) is 12.6 Å². The lowest BCUT2D eigenvalue weighted by Crippen LogP contribution is -2.03. The van der Waals surface area contributed by atoms with Crippen molar-refractivity contribution in [1.82, 2.24) is 0 Å². The Balaban J connectivity index is 3.21. The molecule has 0 bridgehead atoms. The number of hydrogen-bond acceptors (Lipinski definition) is 5. The number of methoxy groups -OCH3 is 1. The molecule has 0 saturated heterocycles. The predicted octanol–water partition coefficient (Wildman–Crippen LogP) is 1.67. The molecule has 5 nitrogen and oxygen atoms in total. The van der Waals surface area contributed by atoms with Gasteiger partial charge in [0.15, 0.2) is 0 Å². The van der Waals surface area contributed by atoms with Crippen molar-refractivity contribution in [1.29, 1.82) is 0 Å². The van der Waals surface area contributed by atoms with Crippen LogP contribution in [-0.4, -0.2) is 18.0 Å². The Bertz CT molecular complexity index is 391. The fourth-order valence-corrected chi connectivity index (χ4v) is 1.14. The number of rotatable bonds is 2. The van der Waals surface area contributed by atoms with Crippen molar-refractivity contribution in [2.45, 2.75) is 4.90 Å². The standard InChI is InChI=1S/C8H7NO4S/c1-13-8(10)6-4-5(9(11)12)2-3-7(6)14/h2-4,14H,1H3. The van der Waals surface area contributed by atoms with Crippen molar-refractivity contribution in [3.05, 3.63) is 33.9 Å². The van der Waals surface area contributed by atoms with E-state index in [0.29, 0.717) is 4.90 Å². The average molecular weight is 213 g/mol. The van der Waals surface area contributed by atoms with Crippen molar-refractivity contribution in [2.24, 2.45) is 0 Å². The Labute approximate surface area is 85.2 Å². The summed E-state index contributed by atoms with van der Waals surface area (Å²) in [5, 5.41) is 10.4. The summed E-state index contributed by atoms with van der Waals surface area (Å²) in [7, 11) is 1.20. The first kappa shape index (κ1) is 10.5. The van der Waals surface area contributed by atoms with Crippen LogP contribution in [0, 0.1) is 10.1 Å². The third kappa shape index (κ3) is 2.02. The Morgan fingerprint density at radius 1 is 1.57 bits per heavy atom. The van der Waals surface area contributed by atoms with Crippen LogP contribution in [0.25, 0.3) is 0 Å². The number of carbonyl (C=O) groups is 1. The molecule has 74 valence electrons. The number of nitrogens with zero attached hydrogens (tertiary/aromatic N) is 1. The number of carbonyl (C=O) groups excluding carboxylic acids is 1. The van der Waals surface area contributed by atoms with Gasteiger partial charge in [-0.1, -0.05) is 0 Å². The van der Waals surface area contributed by atoms with Gasteiger partial charge < -0.3 is 4.74 Å². The molecule has 0 atom stereocenters. The van der Waals surface area contributed by atoms with Gasteiger partial charge in [-0.25, -0.2) is 4.79 Å². The van der Waals surface area contributed by atoms with Crippen LogP contribution in [-0.2, 0) is 4.74 Å². The van der Waals surface area contributed by atoms with Gasteiger partial charge in [0.2, 0.25) is 0 Å². The number of hydrogen-bond donors (Lipinski definition) is 1. The molecule has 0 spiro atoms. The summed E-state index contributed by atoms with van der Waals surface area (Å²) in [5.41, 5.74) is -0.0757. The maximum absolute atomic E-state index is 11.1. The quantitative estimate of drug-likeness (QED) is 0.351. The van der Waals surface area contributed by atoms with Gasteiger partial charge in [0.05, 0.1) is 17.6 Å². The summed E-state index contributed by atoms with van der Waals surface area (Å²) in [4.78, 5) is 21.3. The topological polar surface area (TPSA) is 69.4 Å². The number of non-ortho nitro benzene ring substituents is 1. The highest BCUT2D eigenvalue weighted by Gasteiger charge is 2.14. The van der Waals surface area contributed by atoms with E-state index in [4.69, 9.17) is 0 Å². The van der Waals surface area contributed by atoms with E-state index in [1.807, 2.05) is 0 Å². The van der Waals surface area contributed by atoms with Crippen LogP contribution in [0.3, 0.4) is 0 Å². The van der Waals surface area contributed by atoms with E-state index in [1.54, 1.807) is 0 Å². The molecular formula is C8H7NO4S. The first-order chi connectivity index (χ1) is 6.56. The molecule has 0 saturated carbocycles. The molecule has 0 aliphatic rings. The van der Waals surface area contributed by atoms with E-state index in [1.165, 1.54) is 19.2 Å². The van der Waals surface area contributed by atoms with E-state index < -0.39 is 10.9 Å². The normalized spacial score (nSPS) is 9.57. The highest BCUT2D eigenvalue weighted by molar-refractivity contribution is 7.80. The number of benzene rings is 1. The van der Waals surface area contributed by atoms with Crippen molar-refractivity contribution >= 4 is 24.3 Å². The molecular weight excluding hydrogens is 206 g/mol. The van der Waals surface area contributed by atoms with Gasteiger partial charge in [0.1, 0.15) is 0 Å². The number of ether oxygens (including phenoxy) is 1. The molecule has 0 radical (unpaired) electrons. The Morgan fingerprint density at radius 3 is 2.71 bits per heavy atom. The molecule has 1 aromatic carbocycles. The Hall–Kier alpha value is -1.56. The zero-order valence-corrected chi connectivity index (χ0v) is 8.15. The second-order valence-corrected chi connectivity index (χ2v) is 2.93. The minimum Gasteiger partial charge on any atom is -0.465 e. The molecule has 0 amide bonds. The maximum atomic E-state index is 11.1. The van der Waals surface area contributed by atoms with Crippen molar-refractivity contribution in [2.75, 3.05) is 7.11 Å². The van der Waals surface area contributed by atoms with Gasteiger partial charge in [0, 0.05) is 17.0 Å². The van der Waals surface area contributed by atoms with Gasteiger partial charge in [0.25, 0.3) is 5.69 Å². The van der Waals surface area contributed by atoms with Crippen molar-refractivity contribution in [3.8, 4) is 0 Å². The molecule has 1 aromatic rings. The fourth-order valence-electron chi connectivity index (χ4n) is 0.911. The first-order valence-corrected chi connectivity index (χ1v) is 4.06. The molecule has 0 unspecified atom stereocenters. The molecule has 6 heteroatoms. The maximum Gasteiger partial charge on any atom is 0.339 e. The molecule has 1 rings (SSSR count). The number of esters is 1. The average Bonchev–Trinajstić information content (AvgIpc) is 2.17. The zero-order chi connectivity index (χ0) is 10.7. The van der Waals surface area contributed by atoms with Gasteiger partial charge in [-0.3, -0.25) is 10.1 Å². The smallest absolute Gasteiger partial charge is 0.339 e. The molecule has 0 aliphatic heterocycles. The van der Waals surface area contributed by atoms with Crippen LogP contribution in [0.5, 0.6) is 0 Å². The summed E-state index contributed by atoms with van der Waals surface area (Å²) in [6, 6.07) is 3.79. The zero-order valence-electron chi connectivity index (χ0n) is 7.26. The van der Waals surface area contributed by atoms with Crippen LogP contribution in [0.4, 0.5) is 5.69 Å². The third-order valence-corrected chi connectivity index (χ3v) is 1.99. The number of nitro benzene ring substituents is 1. The van der Waals surface area contributed by atoms with E-state index in [2.05, 4.69) is 17.4 Å². The van der Waals surface area contributed by atoms with Crippen LogP contribution >= 0.6 is 12.6 Å². The second kappa shape index (κ2) is 4.10. The van der Waals surface area contributed by atoms with Crippen molar-refractivity contribution < 1.29 is 14.5 Å². The second-order valence-electron chi connectivity index (χ2n) is 2.45. The van der Waals surface area contributed by atoms with Crippen LogP contribution in [0.2, 0.25) is 0 Å². The predicted molar refractivity (Wildman–Crippen MR) is 51.7 cm³/mol. The van der Waals surface area contributed by atoms with Crippen molar-refractivity contribution in [3.63, 3.8) is 0 Å². The Kier molecular flexibility index (Phi) is 3.08. The molecule has 14 heavy (non-hydrogen) atoms. The summed E-state index contributed by atoms with van der Waals surface area (Å²) < 4.78 is 4.44. The monoisotopic (exact) mass is 213 g/mol. The number of thiol groups is 1. The largest absolute Gasteiger partial charge is 0.465 e. The van der Waals surface area contributed by atoms with E-state index in [-0.39, 0.29) is 11.3 Å². The SMILES string of the molecule is COC(=O)c1cc([N+](=O)[O-])ccc1S. The lowest BCUT2D eigenvalue weighted by Gasteiger charge is -2.01. The van der Waals surface area contributed by atoms with Crippen LogP contribution in [0.1, 0.15) is 10.4 Å². The fraction of sp³-hybridized carbons (Fsp3) is 0.125. The van der Waals surface area contributed by atoms with Crippen LogP contribution in [0.15, 0.2) is 23.1 Å². The summed E-state index contributed by atoms with van der Waals surface area (Å²) in [5.74, 6) is -0.640. The van der Waals surface area contributed by atoms with Crippen LogP contribution < -0.4 is 0 Å². The van der Waals surface area contributed by atoms with E-state index in [9.17, 15) is 14.9 Å². The minimum atomic E-state index is -0.640. The molecule has 0 N–H and O–H groups in total.